The van der Waals surface area contributed by atoms with Crippen LogP contribution in [-0.4, -0.2) is 31.9 Å². The summed E-state index contributed by atoms with van der Waals surface area (Å²) in [5.41, 5.74) is 3.73. The Kier molecular flexibility index (Phi) is 7.73. The number of nitrogens with zero attached hydrogens (tertiary/aromatic N) is 1. The molecule has 0 aromatic heterocycles. The summed E-state index contributed by atoms with van der Waals surface area (Å²) in [5, 5.41) is 3.99. The molecule has 0 radical (unpaired) electrons. The van der Waals surface area contributed by atoms with Crippen molar-refractivity contribution in [2.75, 3.05) is 19.8 Å². The second kappa shape index (κ2) is 10.5. The topological polar surface area (TPSA) is 69.2 Å². The van der Waals surface area contributed by atoms with E-state index in [0.29, 0.717) is 36.0 Å². The van der Waals surface area contributed by atoms with E-state index in [0.717, 1.165) is 5.56 Å². The number of terminal acetylenes is 1. The molecule has 27 heavy (non-hydrogen) atoms. The first kappa shape index (κ1) is 19.9. The molecule has 2 rings (SSSR count). The summed E-state index contributed by atoms with van der Waals surface area (Å²) in [5.74, 6) is 3.94. The number of nitrogens with one attached hydrogen (secondary N) is 1. The minimum absolute atomic E-state index is 0.158. The van der Waals surface area contributed by atoms with E-state index >= 15 is 0 Å². The van der Waals surface area contributed by atoms with Crippen LogP contribution in [0.25, 0.3) is 0 Å². The zero-order valence-corrected chi connectivity index (χ0v) is 15.4. The summed E-state index contributed by atoms with van der Waals surface area (Å²) in [4.78, 5) is 12.1. The molecule has 1 N–H and O–H groups in total. The number of rotatable bonds is 9. The highest BCUT2D eigenvalue weighted by atomic mass is 16.5. The highest BCUT2D eigenvalue weighted by molar-refractivity contribution is 5.95. The van der Waals surface area contributed by atoms with Gasteiger partial charge in [-0.05, 0) is 61.9 Å². The molecule has 6 heteroatoms. The van der Waals surface area contributed by atoms with Gasteiger partial charge in [-0.3, -0.25) is 4.79 Å². The summed E-state index contributed by atoms with van der Waals surface area (Å²) in [7, 11) is 0. The number of hydrazone groups is 1. The van der Waals surface area contributed by atoms with Gasteiger partial charge in [0.1, 0.15) is 12.4 Å². The lowest BCUT2D eigenvalue weighted by molar-refractivity contribution is 0.0955. The predicted molar refractivity (Wildman–Crippen MR) is 105 cm³/mol. The summed E-state index contributed by atoms with van der Waals surface area (Å²) < 4.78 is 16.3. The SMILES string of the molecule is C#CCOc1ccc(/C=N\NC(=O)c2ccc(OCC)cc2)cc1OCC. The number of ether oxygens (including phenoxy) is 3. The van der Waals surface area contributed by atoms with E-state index in [9.17, 15) is 4.79 Å². The fraction of sp³-hybridized carbons (Fsp3) is 0.238. The van der Waals surface area contributed by atoms with Gasteiger partial charge in [-0.1, -0.05) is 5.92 Å². The third-order valence-electron chi connectivity index (χ3n) is 3.39. The third kappa shape index (κ3) is 6.08. The molecular weight excluding hydrogens is 344 g/mol. The van der Waals surface area contributed by atoms with Crippen molar-refractivity contribution < 1.29 is 19.0 Å². The van der Waals surface area contributed by atoms with Gasteiger partial charge in [-0.25, -0.2) is 5.43 Å². The highest BCUT2D eigenvalue weighted by Gasteiger charge is 2.06. The Balaban J connectivity index is 2.01. The molecular formula is C21H22N2O4. The fourth-order valence-corrected chi connectivity index (χ4v) is 2.21. The average Bonchev–Trinajstić information content (AvgIpc) is 2.68. The standard InChI is InChI=1S/C21H22N2O4/c1-4-13-27-19-12-7-16(14-20(19)26-6-3)15-22-23-21(24)17-8-10-18(11-9-17)25-5-2/h1,7-12,14-15H,5-6,13H2,2-3H3,(H,23,24)/b22-15-. The molecule has 140 valence electrons. The van der Waals surface area contributed by atoms with Gasteiger partial charge >= 0.3 is 0 Å². The molecule has 2 aromatic carbocycles. The zero-order valence-electron chi connectivity index (χ0n) is 15.4. The van der Waals surface area contributed by atoms with Crippen molar-refractivity contribution >= 4 is 12.1 Å². The van der Waals surface area contributed by atoms with Crippen molar-refractivity contribution in [2.45, 2.75) is 13.8 Å². The fourth-order valence-electron chi connectivity index (χ4n) is 2.21. The first-order valence-corrected chi connectivity index (χ1v) is 8.57. The van der Waals surface area contributed by atoms with Crippen LogP contribution in [-0.2, 0) is 0 Å². The Morgan fingerprint density at radius 1 is 1.07 bits per heavy atom. The van der Waals surface area contributed by atoms with Gasteiger partial charge in [0.15, 0.2) is 11.5 Å². The van der Waals surface area contributed by atoms with Gasteiger partial charge in [0, 0.05) is 5.56 Å². The minimum atomic E-state index is -0.312. The zero-order chi connectivity index (χ0) is 19.5. The van der Waals surface area contributed by atoms with Crippen molar-refractivity contribution in [3.8, 4) is 29.6 Å². The lowest BCUT2D eigenvalue weighted by Crippen LogP contribution is -2.17. The van der Waals surface area contributed by atoms with E-state index in [1.165, 1.54) is 6.21 Å². The first-order valence-electron chi connectivity index (χ1n) is 8.57. The van der Waals surface area contributed by atoms with Crippen LogP contribution in [0.5, 0.6) is 17.2 Å². The molecule has 0 unspecified atom stereocenters. The molecule has 0 aliphatic heterocycles. The molecule has 0 spiro atoms. The lowest BCUT2D eigenvalue weighted by Gasteiger charge is -2.10. The van der Waals surface area contributed by atoms with Crippen LogP contribution < -0.4 is 19.6 Å². The smallest absolute Gasteiger partial charge is 0.271 e. The van der Waals surface area contributed by atoms with Crippen molar-refractivity contribution in [1.82, 2.24) is 5.43 Å². The maximum absolute atomic E-state index is 12.1. The minimum Gasteiger partial charge on any atom is -0.494 e. The lowest BCUT2D eigenvalue weighted by atomic mass is 10.2. The van der Waals surface area contributed by atoms with Gasteiger partial charge in [-0.2, -0.15) is 5.10 Å². The van der Waals surface area contributed by atoms with E-state index in [4.69, 9.17) is 20.6 Å². The van der Waals surface area contributed by atoms with E-state index in [-0.39, 0.29) is 12.5 Å². The number of hydrogen-bond donors (Lipinski definition) is 1. The molecule has 0 saturated heterocycles. The van der Waals surface area contributed by atoms with Crippen LogP contribution in [0.3, 0.4) is 0 Å². The number of benzene rings is 2. The normalized spacial score (nSPS) is 10.3. The van der Waals surface area contributed by atoms with Crippen molar-refractivity contribution in [1.29, 1.82) is 0 Å². The van der Waals surface area contributed by atoms with Crippen LogP contribution >= 0.6 is 0 Å². The molecule has 2 aromatic rings. The Bertz CT molecular complexity index is 823. The number of carbonyl (C=O) groups excluding carboxylic acids is 1. The van der Waals surface area contributed by atoms with Gasteiger partial charge in [0.05, 0.1) is 19.4 Å². The van der Waals surface area contributed by atoms with Gasteiger partial charge in [0.2, 0.25) is 0 Å². The Labute approximate surface area is 159 Å². The van der Waals surface area contributed by atoms with Gasteiger partial charge < -0.3 is 14.2 Å². The monoisotopic (exact) mass is 366 g/mol. The molecule has 0 aliphatic carbocycles. The molecule has 0 bridgehead atoms. The number of carbonyl (C=O) groups is 1. The van der Waals surface area contributed by atoms with E-state index in [2.05, 4.69) is 16.4 Å². The second-order valence-corrected chi connectivity index (χ2v) is 5.29. The van der Waals surface area contributed by atoms with E-state index < -0.39 is 0 Å². The molecule has 0 saturated carbocycles. The van der Waals surface area contributed by atoms with Gasteiger partial charge in [-0.15, -0.1) is 6.42 Å². The summed E-state index contributed by atoms with van der Waals surface area (Å²) >= 11 is 0. The average molecular weight is 366 g/mol. The Morgan fingerprint density at radius 3 is 2.48 bits per heavy atom. The summed E-state index contributed by atoms with van der Waals surface area (Å²) in [6, 6.07) is 12.2. The van der Waals surface area contributed by atoms with Crippen LogP contribution in [0.2, 0.25) is 0 Å². The molecule has 0 aliphatic rings. The first-order chi connectivity index (χ1) is 13.2. The molecule has 6 nitrogen and oxygen atoms in total. The van der Waals surface area contributed by atoms with Crippen LogP contribution in [0.15, 0.2) is 47.6 Å². The molecule has 0 heterocycles. The number of hydrogen-bond acceptors (Lipinski definition) is 5. The maximum atomic E-state index is 12.1. The molecule has 0 fully saturated rings. The van der Waals surface area contributed by atoms with Crippen molar-refractivity contribution in [2.24, 2.45) is 5.10 Å². The van der Waals surface area contributed by atoms with Crippen LogP contribution in [0, 0.1) is 12.3 Å². The highest BCUT2D eigenvalue weighted by Crippen LogP contribution is 2.27. The summed E-state index contributed by atoms with van der Waals surface area (Å²) in [6.45, 7) is 5.00. The Hall–Kier alpha value is -3.46. The third-order valence-corrected chi connectivity index (χ3v) is 3.39. The molecule has 1 amide bonds. The van der Waals surface area contributed by atoms with Crippen molar-refractivity contribution in [3.05, 3.63) is 53.6 Å². The second-order valence-electron chi connectivity index (χ2n) is 5.29. The van der Waals surface area contributed by atoms with Gasteiger partial charge in [0.25, 0.3) is 5.91 Å². The predicted octanol–water partition coefficient (Wildman–Crippen LogP) is 3.26. The largest absolute Gasteiger partial charge is 0.494 e. The van der Waals surface area contributed by atoms with E-state index in [1.807, 2.05) is 13.8 Å². The molecule has 0 atom stereocenters. The maximum Gasteiger partial charge on any atom is 0.271 e. The van der Waals surface area contributed by atoms with Crippen LogP contribution in [0.1, 0.15) is 29.8 Å². The number of amides is 1. The Morgan fingerprint density at radius 2 is 1.81 bits per heavy atom. The quantitative estimate of drug-likeness (QED) is 0.420. The van der Waals surface area contributed by atoms with Crippen molar-refractivity contribution in [3.63, 3.8) is 0 Å². The van der Waals surface area contributed by atoms with E-state index in [1.54, 1.807) is 42.5 Å². The van der Waals surface area contributed by atoms with Crippen LogP contribution in [0.4, 0.5) is 0 Å². The summed E-state index contributed by atoms with van der Waals surface area (Å²) in [6.07, 6.45) is 6.74.